The molecule has 2 heterocycles. The van der Waals surface area contributed by atoms with E-state index in [-0.39, 0.29) is 11.7 Å². The zero-order chi connectivity index (χ0) is 20.6. The Morgan fingerprint density at radius 3 is 2.57 bits per heavy atom. The first-order valence-electron chi connectivity index (χ1n) is 10.0. The molecule has 7 nitrogen and oxygen atoms in total. The van der Waals surface area contributed by atoms with Crippen molar-refractivity contribution in [1.82, 2.24) is 25.0 Å². The first-order chi connectivity index (χ1) is 14.8. The fraction of sp³-hybridized carbons (Fsp3) is 0.318. The number of carbonyl (C=O) groups excluding carboxylic acids is 1. The van der Waals surface area contributed by atoms with Crippen LogP contribution >= 0.6 is 11.8 Å². The number of thioether (sulfide) groups is 1. The number of aromatic nitrogens is 3. The van der Waals surface area contributed by atoms with Crippen LogP contribution in [0.3, 0.4) is 0 Å². The topological polar surface area (TPSA) is 72.3 Å². The van der Waals surface area contributed by atoms with Crippen LogP contribution in [0.5, 0.6) is 0 Å². The van der Waals surface area contributed by atoms with Crippen LogP contribution in [0.1, 0.15) is 11.1 Å². The van der Waals surface area contributed by atoms with Crippen molar-refractivity contribution >= 4 is 17.7 Å². The van der Waals surface area contributed by atoms with E-state index in [1.165, 1.54) is 17.3 Å². The minimum atomic E-state index is -0.0243. The summed E-state index contributed by atoms with van der Waals surface area (Å²) in [6, 6.07) is 18.1. The quantitative estimate of drug-likeness (QED) is 0.562. The summed E-state index contributed by atoms with van der Waals surface area (Å²) in [6.45, 7) is 4.85. The first kappa shape index (κ1) is 20.6. The lowest BCUT2D eigenvalue weighted by Crippen LogP contribution is -2.36. The molecule has 1 aliphatic heterocycles. The van der Waals surface area contributed by atoms with Crippen molar-refractivity contribution in [1.29, 1.82) is 0 Å². The second-order valence-electron chi connectivity index (χ2n) is 7.04. The summed E-state index contributed by atoms with van der Waals surface area (Å²) < 4.78 is 7.31. The summed E-state index contributed by atoms with van der Waals surface area (Å²) in [5.41, 5.74) is 3.37. The lowest BCUT2D eigenvalue weighted by molar-refractivity contribution is -0.118. The molecule has 1 fully saturated rings. The largest absolute Gasteiger partial charge is 0.379 e. The molecule has 30 heavy (non-hydrogen) atoms. The monoisotopic (exact) mass is 423 g/mol. The van der Waals surface area contributed by atoms with Crippen LogP contribution in [0.2, 0.25) is 0 Å². The second-order valence-corrected chi connectivity index (χ2v) is 7.98. The zero-order valence-corrected chi connectivity index (χ0v) is 17.6. The van der Waals surface area contributed by atoms with Gasteiger partial charge in [0.1, 0.15) is 6.33 Å². The van der Waals surface area contributed by atoms with Crippen molar-refractivity contribution in [2.75, 3.05) is 32.1 Å². The molecule has 0 unspecified atom stereocenters. The third-order valence-electron chi connectivity index (χ3n) is 4.98. The third kappa shape index (κ3) is 5.47. The van der Waals surface area contributed by atoms with Crippen LogP contribution in [0.15, 0.2) is 66.1 Å². The van der Waals surface area contributed by atoms with Gasteiger partial charge in [0.2, 0.25) is 5.91 Å². The number of para-hydroxylation sites is 1. The maximum Gasteiger partial charge on any atom is 0.230 e. The average Bonchev–Trinajstić information content (AvgIpc) is 3.27. The summed E-state index contributed by atoms with van der Waals surface area (Å²) in [4.78, 5) is 14.8. The molecule has 0 spiro atoms. The summed E-state index contributed by atoms with van der Waals surface area (Å²) >= 11 is 1.38. The molecule has 156 valence electrons. The number of nitrogens with one attached hydrogen (secondary N) is 1. The van der Waals surface area contributed by atoms with Gasteiger partial charge < -0.3 is 10.1 Å². The van der Waals surface area contributed by atoms with Gasteiger partial charge in [0.05, 0.1) is 19.0 Å². The molecule has 1 saturated heterocycles. The Bertz CT molecular complexity index is 957. The van der Waals surface area contributed by atoms with Crippen LogP contribution in [0, 0.1) is 0 Å². The zero-order valence-electron chi connectivity index (χ0n) is 16.7. The van der Waals surface area contributed by atoms with Crippen LogP contribution in [0.25, 0.3) is 5.69 Å². The van der Waals surface area contributed by atoms with Crippen LogP contribution < -0.4 is 5.32 Å². The first-order valence-corrected chi connectivity index (χ1v) is 11.0. The van der Waals surface area contributed by atoms with Gasteiger partial charge in [-0.05, 0) is 23.3 Å². The molecule has 1 N–H and O–H groups in total. The van der Waals surface area contributed by atoms with Gasteiger partial charge in [0, 0.05) is 31.9 Å². The molecule has 8 heteroatoms. The predicted octanol–water partition coefficient (Wildman–Crippen LogP) is 2.51. The predicted molar refractivity (Wildman–Crippen MR) is 116 cm³/mol. The number of carbonyl (C=O) groups is 1. The lowest BCUT2D eigenvalue weighted by atomic mass is 10.1. The fourth-order valence-corrected chi connectivity index (χ4v) is 4.11. The molecule has 4 rings (SSSR count). The Kier molecular flexibility index (Phi) is 7.12. The smallest absolute Gasteiger partial charge is 0.230 e. The molecule has 0 radical (unpaired) electrons. The van der Waals surface area contributed by atoms with Crippen molar-refractivity contribution in [2.45, 2.75) is 18.2 Å². The number of nitrogens with zero attached hydrogens (tertiary/aromatic N) is 4. The number of ether oxygens (including phenoxy) is 1. The molecule has 2 aromatic carbocycles. The van der Waals surface area contributed by atoms with Gasteiger partial charge in [0.15, 0.2) is 5.16 Å². The summed E-state index contributed by atoms with van der Waals surface area (Å²) in [7, 11) is 0. The number of hydrogen-bond donors (Lipinski definition) is 1. The van der Waals surface area contributed by atoms with Crippen molar-refractivity contribution in [3.63, 3.8) is 0 Å². The molecule has 1 aliphatic rings. The Morgan fingerprint density at radius 2 is 1.77 bits per heavy atom. The van der Waals surface area contributed by atoms with Gasteiger partial charge in [-0.15, -0.1) is 10.2 Å². The highest BCUT2D eigenvalue weighted by molar-refractivity contribution is 7.99. The van der Waals surface area contributed by atoms with E-state index in [9.17, 15) is 4.79 Å². The van der Waals surface area contributed by atoms with Crippen molar-refractivity contribution in [3.8, 4) is 5.69 Å². The van der Waals surface area contributed by atoms with E-state index < -0.39 is 0 Å². The van der Waals surface area contributed by atoms with Crippen molar-refractivity contribution in [2.24, 2.45) is 0 Å². The minimum absolute atomic E-state index is 0.0243. The number of morpholine rings is 1. The van der Waals surface area contributed by atoms with Crippen molar-refractivity contribution < 1.29 is 9.53 Å². The van der Waals surface area contributed by atoms with Crippen LogP contribution in [-0.4, -0.2) is 57.6 Å². The van der Waals surface area contributed by atoms with E-state index in [1.54, 1.807) is 6.33 Å². The second kappa shape index (κ2) is 10.4. The van der Waals surface area contributed by atoms with E-state index in [0.717, 1.165) is 44.1 Å². The summed E-state index contributed by atoms with van der Waals surface area (Å²) in [5.74, 6) is 0.265. The Hall–Kier alpha value is -2.68. The number of hydrogen-bond acceptors (Lipinski definition) is 6. The fourth-order valence-electron chi connectivity index (χ4n) is 3.35. The maximum absolute atomic E-state index is 12.4. The highest BCUT2D eigenvalue weighted by Crippen LogP contribution is 2.19. The molecular formula is C22H25N5O2S. The number of benzene rings is 2. The van der Waals surface area contributed by atoms with Crippen molar-refractivity contribution in [3.05, 3.63) is 72.1 Å². The molecule has 1 amide bonds. The minimum Gasteiger partial charge on any atom is -0.379 e. The SMILES string of the molecule is O=C(CSc1nncn1-c1ccccc1)NCc1ccccc1CN1CCOCC1. The Morgan fingerprint density at radius 1 is 1.03 bits per heavy atom. The molecule has 1 aromatic heterocycles. The third-order valence-corrected chi connectivity index (χ3v) is 5.92. The standard InChI is InChI=1S/C22H25N5O2S/c28-21(16-30-22-25-24-17-27(22)20-8-2-1-3-9-20)23-14-18-6-4-5-7-19(18)15-26-10-12-29-13-11-26/h1-9,17H,10-16H2,(H,23,28). The van der Waals surface area contributed by atoms with Gasteiger partial charge >= 0.3 is 0 Å². The van der Waals surface area contributed by atoms with Gasteiger partial charge in [-0.25, -0.2) is 0 Å². The van der Waals surface area contributed by atoms with Gasteiger partial charge in [-0.1, -0.05) is 54.2 Å². The lowest BCUT2D eigenvalue weighted by Gasteiger charge is -2.27. The molecule has 3 aromatic rings. The Balaban J connectivity index is 1.30. The Labute approximate surface area is 180 Å². The normalized spacial score (nSPS) is 14.5. The maximum atomic E-state index is 12.4. The molecule has 0 aliphatic carbocycles. The summed E-state index contributed by atoms with van der Waals surface area (Å²) in [6.07, 6.45) is 1.66. The molecule has 0 atom stereocenters. The van der Waals surface area contributed by atoms with Gasteiger partial charge in [0.25, 0.3) is 0 Å². The molecule has 0 saturated carbocycles. The van der Waals surface area contributed by atoms with E-state index in [4.69, 9.17) is 4.74 Å². The van der Waals surface area contributed by atoms with Crippen LogP contribution in [-0.2, 0) is 22.6 Å². The number of rotatable bonds is 8. The van der Waals surface area contributed by atoms with Gasteiger partial charge in [-0.3, -0.25) is 14.3 Å². The van der Waals surface area contributed by atoms with E-state index in [0.29, 0.717) is 11.7 Å². The van der Waals surface area contributed by atoms with E-state index >= 15 is 0 Å². The van der Waals surface area contributed by atoms with Gasteiger partial charge in [-0.2, -0.15) is 0 Å². The highest BCUT2D eigenvalue weighted by Gasteiger charge is 2.14. The molecule has 0 bridgehead atoms. The average molecular weight is 424 g/mol. The highest BCUT2D eigenvalue weighted by atomic mass is 32.2. The summed E-state index contributed by atoms with van der Waals surface area (Å²) in [5, 5.41) is 11.9. The molecular weight excluding hydrogens is 398 g/mol. The van der Waals surface area contributed by atoms with E-state index in [1.807, 2.05) is 47.0 Å². The number of amides is 1. The van der Waals surface area contributed by atoms with E-state index in [2.05, 4.69) is 32.5 Å². The van der Waals surface area contributed by atoms with Crippen LogP contribution in [0.4, 0.5) is 0 Å².